The Kier molecular flexibility index (Phi) is 6.64. The largest absolute Gasteiger partial charge is 0.378 e. The molecule has 1 aliphatic heterocycles. The van der Waals surface area contributed by atoms with E-state index in [1.54, 1.807) is 4.68 Å². The van der Waals surface area contributed by atoms with Crippen molar-refractivity contribution >= 4 is 17.4 Å². The molecular formula is C24H29N5O2. The Morgan fingerprint density at radius 1 is 1.10 bits per heavy atom. The molecule has 0 bridgehead atoms. The van der Waals surface area contributed by atoms with E-state index in [1.807, 2.05) is 61.3 Å². The molecule has 0 atom stereocenters. The summed E-state index contributed by atoms with van der Waals surface area (Å²) in [5.41, 5.74) is 4.20. The number of aryl methyl sites for hydroxylation is 1. The van der Waals surface area contributed by atoms with Crippen molar-refractivity contribution in [3.63, 3.8) is 0 Å². The van der Waals surface area contributed by atoms with Gasteiger partial charge in [0.15, 0.2) is 0 Å². The molecule has 1 amide bonds. The van der Waals surface area contributed by atoms with Gasteiger partial charge in [0.2, 0.25) is 5.91 Å². The molecule has 1 saturated heterocycles. The van der Waals surface area contributed by atoms with Gasteiger partial charge in [-0.05, 0) is 37.7 Å². The SMILES string of the molecule is Cc1cc(NC(=O)CN(C)Cc2ccccc2N2CCOCC2)n(-c2ccccc2)n1. The minimum Gasteiger partial charge on any atom is -0.378 e. The number of amides is 1. The first-order valence-corrected chi connectivity index (χ1v) is 10.6. The van der Waals surface area contributed by atoms with E-state index in [-0.39, 0.29) is 12.5 Å². The smallest absolute Gasteiger partial charge is 0.239 e. The average Bonchev–Trinajstić information content (AvgIpc) is 3.15. The molecule has 162 valence electrons. The molecule has 0 unspecified atom stereocenters. The summed E-state index contributed by atoms with van der Waals surface area (Å²) in [4.78, 5) is 17.2. The van der Waals surface area contributed by atoms with Crippen molar-refractivity contribution in [2.45, 2.75) is 13.5 Å². The first kappa shape index (κ1) is 21.1. The number of para-hydroxylation sites is 2. The number of hydrogen-bond acceptors (Lipinski definition) is 5. The number of morpholine rings is 1. The molecule has 7 heteroatoms. The maximum Gasteiger partial charge on any atom is 0.239 e. The number of anilines is 2. The molecule has 0 radical (unpaired) electrons. The Balaban J connectivity index is 1.41. The van der Waals surface area contributed by atoms with Gasteiger partial charge in [-0.15, -0.1) is 0 Å². The van der Waals surface area contributed by atoms with Crippen molar-refractivity contribution in [2.24, 2.45) is 0 Å². The third-order valence-corrected chi connectivity index (χ3v) is 5.30. The fourth-order valence-corrected chi connectivity index (χ4v) is 3.89. The maximum absolute atomic E-state index is 12.8. The van der Waals surface area contributed by atoms with Crippen LogP contribution in [0.1, 0.15) is 11.3 Å². The highest BCUT2D eigenvalue weighted by atomic mass is 16.5. The Labute approximate surface area is 183 Å². The second kappa shape index (κ2) is 9.76. The number of nitrogens with one attached hydrogen (secondary N) is 1. The summed E-state index contributed by atoms with van der Waals surface area (Å²) in [5.74, 6) is 0.610. The number of likely N-dealkylation sites (N-methyl/N-ethyl adjacent to an activating group) is 1. The molecule has 1 aliphatic rings. The number of carbonyl (C=O) groups is 1. The molecule has 4 rings (SSSR count). The molecule has 7 nitrogen and oxygen atoms in total. The van der Waals surface area contributed by atoms with Crippen LogP contribution in [0.15, 0.2) is 60.7 Å². The highest BCUT2D eigenvalue weighted by molar-refractivity contribution is 5.91. The van der Waals surface area contributed by atoms with E-state index >= 15 is 0 Å². The number of ether oxygens (including phenoxy) is 1. The molecule has 0 aliphatic carbocycles. The van der Waals surface area contributed by atoms with Crippen molar-refractivity contribution in [3.05, 3.63) is 71.9 Å². The fourth-order valence-electron chi connectivity index (χ4n) is 3.89. The number of hydrogen-bond donors (Lipinski definition) is 1. The van der Waals surface area contributed by atoms with Gasteiger partial charge in [0.05, 0.1) is 31.1 Å². The van der Waals surface area contributed by atoms with Gasteiger partial charge in [0.1, 0.15) is 5.82 Å². The fraction of sp³-hybridized carbons (Fsp3) is 0.333. The minimum atomic E-state index is -0.0663. The lowest BCUT2D eigenvalue weighted by Gasteiger charge is -2.31. The van der Waals surface area contributed by atoms with Gasteiger partial charge in [0, 0.05) is 31.4 Å². The lowest BCUT2D eigenvalue weighted by atomic mass is 10.1. The van der Waals surface area contributed by atoms with E-state index in [4.69, 9.17) is 4.74 Å². The van der Waals surface area contributed by atoms with Crippen LogP contribution in [0.25, 0.3) is 5.69 Å². The number of carbonyl (C=O) groups excluding carboxylic acids is 1. The monoisotopic (exact) mass is 419 g/mol. The second-order valence-electron chi connectivity index (χ2n) is 7.87. The van der Waals surface area contributed by atoms with Crippen molar-refractivity contribution in [3.8, 4) is 5.69 Å². The van der Waals surface area contributed by atoms with E-state index in [0.717, 1.165) is 37.7 Å². The van der Waals surface area contributed by atoms with Crippen LogP contribution in [0.3, 0.4) is 0 Å². The average molecular weight is 420 g/mol. The van der Waals surface area contributed by atoms with Crippen LogP contribution in [0.4, 0.5) is 11.5 Å². The van der Waals surface area contributed by atoms with Crippen molar-refractivity contribution in [1.82, 2.24) is 14.7 Å². The Hall–Kier alpha value is -3.16. The van der Waals surface area contributed by atoms with Crippen LogP contribution in [0.5, 0.6) is 0 Å². The van der Waals surface area contributed by atoms with Crippen LogP contribution in [-0.4, -0.2) is 60.5 Å². The molecule has 3 aromatic rings. The Morgan fingerprint density at radius 3 is 2.58 bits per heavy atom. The van der Waals surface area contributed by atoms with Gasteiger partial charge in [-0.25, -0.2) is 4.68 Å². The summed E-state index contributed by atoms with van der Waals surface area (Å²) in [6.07, 6.45) is 0. The third kappa shape index (κ3) is 5.31. The van der Waals surface area contributed by atoms with Crippen LogP contribution >= 0.6 is 0 Å². The molecule has 1 aromatic heterocycles. The zero-order chi connectivity index (χ0) is 21.6. The number of aromatic nitrogens is 2. The lowest BCUT2D eigenvalue weighted by molar-refractivity contribution is -0.117. The number of rotatable bonds is 7. The maximum atomic E-state index is 12.8. The van der Waals surface area contributed by atoms with Crippen molar-refractivity contribution < 1.29 is 9.53 Å². The summed E-state index contributed by atoms with van der Waals surface area (Å²) in [6, 6.07) is 20.1. The first-order valence-electron chi connectivity index (χ1n) is 10.6. The van der Waals surface area contributed by atoms with Crippen molar-refractivity contribution in [2.75, 3.05) is 50.1 Å². The van der Waals surface area contributed by atoms with E-state index in [2.05, 4.69) is 33.5 Å². The van der Waals surface area contributed by atoms with E-state index in [0.29, 0.717) is 12.4 Å². The quantitative estimate of drug-likeness (QED) is 0.638. The predicted octanol–water partition coefficient (Wildman–Crippen LogP) is 3.09. The first-order chi connectivity index (χ1) is 15.1. The summed E-state index contributed by atoms with van der Waals surface area (Å²) in [6.45, 7) is 6.19. The summed E-state index contributed by atoms with van der Waals surface area (Å²) in [5, 5.41) is 7.53. The molecule has 31 heavy (non-hydrogen) atoms. The third-order valence-electron chi connectivity index (χ3n) is 5.30. The van der Waals surface area contributed by atoms with Crippen LogP contribution in [-0.2, 0) is 16.1 Å². The normalized spacial score (nSPS) is 14.1. The van der Waals surface area contributed by atoms with Crippen molar-refractivity contribution in [1.29, 1.82) is 0 Å². The molecule has 0 spiro atoms. The van der Waals surface area contributed by atoms with Gasteiger partial charge in [0.25, 0.3) is 0 Å². The molecule has 1 fully saturated rings. The molecule has 0 saturated carbocycles. The molecule has 1 N–H and O–H groups in total. The Bertz CT molecular complexity index is 1010. The second-order valence-corrected chi connectivity index (χ2v) is 7.87. The zero-order valence-corrected chi connectivity index (χ0v) is 18.1. The van der Waals surface area contributed by atoms with Crippen LogP contribution < -0.4 is 10.2 Å². The molecular weight excluding hydrogens is 390 g/mol. The Morgan fingerprint density at radius 2 is 1.81 bits per heavy atom. The van der Waals surface area contributed by atoms with Gasteiger partial charge < -0.3 is 15.0 Å². The van der Waals surface area contributed by atoms with E-state index in [9.17, 15) is 4.79 Å². The molecule has 2 heterocycles. The highest BCUT2D eigenvalue weighted by Gasteiger charge is 2.17. The summed E-state index contributed by atoms with van der Waals surface area (Å²) < 4.78 is 7.25. The molecule has 2 aromatic carbocycles. The van der Waals surface area contributed by atoms with Gasteiger partial charge >= 0.3 is 0 Å². The predicted molar refractivity (Wildman–Crippen MR) is 123 cm³/mol. The van der Waals surface area contributed by atoms with Gasteiger partial charge in [-0.2, -0.15) is 5.10 Å². The summed E-state index contributed by atoms with van der Waals surface area (Å²) in [7, 11) is 1.97. The zero-order valence-electron chi connectivity index (χ0n) is 18.1. The topological polar surface area (TPSA) is 62.6 Å². The minimum absolute atomic E-state index is 0.0663. The van der Waals surface area contributed by atoms with Crippen LogP contribution in [0.2, 0.25) is 0 Å². The number of benzene rings is 2. The summed E-state index contributed by atoms with van der Waals surface area (Å²) >= 11 is 0. The van der Waals surface area contributed by atoms with E-state index < -0.39 is 0 Å². The standard InChI is InChI=1S/C24H29N5O2/c1-19-16-23(29(26-19)21-9-4-3-5-10-21)25-24(30)18-27(2)17-20-8-6-7-11-22(20)28-12-14-31-15-13-28/h3-11,16H,12-15,17-18H2,1-2H3,(H,25,30). The van der Waals surface area contributed by atoms with Gasteiger partial charge in [-0.3, -0.25) is 9.69 Å². The van der Waals surface area contributed by atoms with Gasteiger partial charge in [-0.1, -0.05) is 36.4 Å². The lowest BCUT2D eigenvalue weighted by Crippen LogP contribution is -2.37. The number of nitrogens with zero attached hydrogens (tertiary/aromatic N) is 4. The van der Waals surface area contributed by atoms with Crippen LogP contribution in [0, 0.1) is 6.92 Å². The highest BCUT2D eigenvalue weighted by Crippen LogP contribution is 2.23. The van der Waals surface area contributed by atoms with E-state index in [1.165, 1.54) is 11.3 Å².